The number of anilines is 1. The minimum Gasteiger partial charge on any atom is -0.482 e. The highest BCUT2D eigenvalue weighted by Gasteiger charge is 2.20. The summed E-state index contributed by atoms with van der Waals surface area (Å²) in [6.07, 6.45) is -0.922. The normalized spacial score (nSPS) is 12.0. The molecule has 0 heterocycles. The lowest BCUT2D eigenvalue weighted by Gasteiger charge is -2.19. The molecule has 0 saturated carbocycles. The molecule has 0 aliphatic carbocycles. The molecule has 5 heteroatoms. The lowest BCUT2D eigenvalue weighted by molar-refractivity contribution is -0.155. The first-order valence-corrected chi connectivity index (χ1v) is 10.0. The van der Waals surface area contributed by atoms with E-state index in [1.165, 1.54) is 5.56 Å². The Labute approximate surface area is 173 Å². The number of hydrogen-bond acceptors (Lipinski definition) is 4. The molecule has 1 amide bonds. The van der Waals surface area contributed by atoms with Gasteiger partial charge in [-0.1, -0.05) is 58.0 Å². The van der Waals surface area contributed by atoms with E-state index in [0.717, 1.165) is 16.8 Å². The summed E-state index contributed by atoms with van der Waals surface area (Å²) in [4.78, 5) is 24.6. The first-order chi connectivity index (χ1) is 13.7. The molecule has 0 bridgehead atoms. The molecule has 0 fully saturated rings. The van der Waals surface area contributed by atoms with Crippen molar-refractivity contribution in [2.75, 3.05) is 11.9 Å². The molecule has 0 aliphatic heterocycles. The standard InChI is InChI=1S/C24H31NO4/c1-15(2)19-10-12-20(13-11-19)28-14-22(26)29-18(6)24(27)25-23-17(5)8-7-9-21(23)16(3)4/h7-13,15-16,18H,14H2,1-6H3,(H,25,27)/t18-/m1/s1. The molecule has 2 aromatic carbocycles. The van der Waals surface area contributed by atoms with Crippen molar-refractivity contribution in [3.63, 3.8) is 0 Å². The van der Waals surface area contributed by atoms with E-state index in [2.05, 4.69) is 33.0 Å². The maximum absolute atomic E-state index is 12.5. The Bertz CT molecular complexity index is 840. The van der Waals surface area contributed by atoms with Crippen LogP contribution in [0.5, 0.6) is 5.75 Å². The van der Waals surface area contributed by atoms with Crippen molar-refractivity contribution < 1.29 is 19.1 Å². The molecule has 2 rings (SSSR count). The zero-order valence-electron chi connectivity index (χ0n) is 18.1. The van der Waals surface area contributed by atoms with Gasteiger partial charge in [0.1, 0.15) is 5.75 Å². The summed E-state index contributed by atoms with van der Waals surface area (Å²) in [6, 6.07) is 13.5. The van der Waals surface area contributed by atoms with E-state index in [9.17, 15) is 9.59 Å². The smallest absolute Gasteiger partial charge is 0.344 e. The number of benzene rings is 2. The lowest BCUT2D eigenvalue weighted by Crippen LogP contribution is -2.32. The van der Waals surface area contributed by atoms with E-state index in [4.69, 9.17) is 9.47 Å². The number of hydrogen-bond donors (Lipinski definition) is 1. The van der Waals surface area contributed by atoms with Gasteiger partial charge in [0.25, 0.3) is 5.91 Å². The zero-order valence-corrected chi connectivity index (χ0v) is 18.1. The predicted molar refractivity (Wildman–Crippen MR) is 115 cm³/mol. The van der Waals surface area contributed by atoms with E-state index in [0.29, 0.717) is 11.7 Å². The van der Waals surface area contributed by atoms with Gasteiger partial charge in [0, 0.05) is 5.69 Å². The van der Waals surface area contributed by atoms with E-state index < -0.39 is 12.1 Å². The average Bonchev–Trinajstić information content (AvgIpc) is 2.67. The third-order valence-corrected chi connectivity index (χ3v) is 4.76. The van der Waals surface area contributed by atoms with Crippen LogP contribution in [0.25, 0.3) is 0 Å². The van der Waals surface area contributed by atoms with Gasteiger partial charge >= 0.3 is 5.97 Å². The van der Waals surface area contributed by atoms with Crippen molar-refractivity contribution in [1.82, 2.24) is 0 Å². The monoisotopic (exact) mass is 397 g/mol. The zero-order chi connectivity index (χ0) is 21.6. The molecule has 0 unspecified atom stereocenters. The third-order valence-electron chi connectivity index (χ3n) is 4.76. The summed E-state index contributed by atoms with van der Waals surface area (Å²) in [5, 5.41) is 2.90. The first kappa shape index (κ1) is 22.5. The number of nitrogens with one attached hydrogen (secondary N) is 1. The lowest BCUT2D eigenvalue weighted by atomic mass is 9.98. The van der Waals surface area contributed by atoms with Gasteiger partial charge < -0.3 is 14.8 Å². The fourth-order valence-corrected chi connectivity index (χ4v) is 2.94. The second-order valence-corrected chi connectivity index (χ2v) is 7.83. The van der Waals surface area contributed by atoms with Gasteiger partial charge in [-0.2, -0.15) is 0 Å². The Morgan fingerprint density at radius 1 is 0.931 bits per heavy atom. The molecule has 156 valence electrons. The fourth-order valence-electron chi connectivity index (χ4n) is 2.94. The molecule has 0 spiro atoms. The van der Waals surface area contributed by atoms with E-state index >= 15 is 0 Å². The summed E-state index contributed by atoms with van der Waals surface area (Å²) in [5.74, 6) is 0.326. The summed E-state index contributed by atoms with van der Waals surface area (Å²) in [6.45, 7) is 11.6. The minimum absolute atomic E-state index is 0.250. The summed E-state index contributed by atoms with van der Waals surface area (Å²) in [5.41, 5.74) is 3.99. The number of rotatable bonds is 8. The number of ether oxygens (including phenoxy) is 2. The highest BCUT2D eigenvalue weighted by molar-refractivity contribution is 5.96. The summed E-state index contributed by atoms with van der Waals surface area (Å²) >= 11 is 0. The van der Waals surface area contributed by atoms with E-state index in [1.807, 2.05) is 49.4 Å². The number of carbonyl (C=O) groups excluding carboxylic acids is 2. The minimum atomic E-state index is -0.922. The van der Waals surface area contributed by atoms with Crippen LogP contribution in [0.1, 0.15) is 63.1 Å². The molecule has 29 heavy (non-hydrogen) atoms. The average molecular weight is 398 g/mol. The third kappa shape index (κ3) is 6.34. The van der Waals surface area contributed by atoms with Crippen LogP contribution in [0, 0.1) is 6.92 Å². The fraction of sp³-hybridized carbons (Fsp3) is 0.417. The predicted octanol–water partition coefficient (Wildman–Crippen LogP) is 5.19. The van der Waals surface area contributed by atoms with Crippen LogP contribution >= 0.6 is 0 Å². The van der Waals surface area contributed by atoms with Crippen LogP contribution in [-0.2, 0) is 14.3 Å². The second-order valence-electron chi connectivity index (χ2n) is 7.83. The highest BCUT2D eigenvalue weighted by atomic mass is 16.6. The molecule has 1 atom stereocenters. The SMILES string of the molecule is Cc1cccc(C(C)C)c1NC(=O)[C@@H](C)OC(=O)COc1ccc(C(C)C)cc1. The Morgan fingerprint density at radius 2 is 1.59 bits per heavy atom. The number of carbonyl (C=O) groups is 2. The molecule has 2 aromatic rings. The Hall–Kier alpha value is -2.82. The maximum Gasteiger partial charge on any atom is 0.344 e. The second kappa shape index (κ2) is 10.1. The van der Waals surface area contributed by atoms with Crippen LogP contribution in [0.2, 0.25) is 0 Å². The Kier molecular flexibility index (Phi) is 7.82. The van der Waals surface area contributed by atoms with Crippen molar-refractivity contribution in [3.05, 3.63) is 59.2 Å². The largest absolute Gasteiger partial charge is 0.482 e. The maximum atomic E-state index is 12.5. The van der Waals surface area contributed by atoms with Gasteiger partial charge in [-0.05, 0) is 54.5 Å². The van der Waals surface area contributed by atoms with Gasteiger partial charge in [0.05, 0.1) is 0 Å². The summed E-state index contributed by atoms with van der Waals surface area (Å²) in [7, 11) is 0. The van der Waals surface area contributed by atoms with Gasteiger partial charge in [0.2, 0.25) is 0 Å². The first-order valence-electron chi connectivity index (χ1n) is 10.0. The van der Waals surface area contributed by atoms with Gasteiger partial charge in [-0.15, -0.1) is 0 Å². The molecule has 0 aliphatic rings. The molecular formula is C24H31NO4. The van der Waals surface area contributed by atoms with Crippen molar-refractivity contribution in [3.8, 4) is 5.75 Å². The van der Waals surface area contributed by atoms with Crippen LogP contribution < -0.4 is 10.1 Å². The quantitative estimate of drug-likeness (QED) is 0.623. The molecular weight excluding hydrogens is 366 g/mol. The molecule has 1 N–H and O–H groups in total. The van der Waals surface area contributed by atoms with Crippen LogP contribution in [-0.4, -0.2) is 24.6 Å². The highest BCUT2D eigenvalue weighted by Crippen LogP contribution is 2.27. The van der Waals surface area contributed by atoms with Gasteiger partial charge in [-0.3, -0.25) is 4.79 Å². The van der Waals surface area contributed by atoms with E-state index in [-0.39, 0.29) is 18.4 Å². The number of para-hydroxylation sites is 1. The number of amides is 1. The molecule has 5 nitrogen and oxygen atoms in total. The Morgan fingerprint density at radius 3 is 2.17 bits per heavy atom. The van der Waals surface area contributed by atoms with Crippen molar-refractivity contribution in [2.24, 2.45) is 0 Å². The Balaban J connectivity index is 1.90. The molecule has 0 radical (unpaired) electrons. The van der Waals surface area contributed by atoms with Gasteiger partial charge in [0.15, 0.2) is 12.7 Å². The van der Waals surface area contributed by atoms with Crippen LogP contribution in [0.15, 0.2) is 42.5 Å². The molecule has 0 aromatic heterocycles. The topological polar surface area (TPSA) is 64.6 Å². The van der Waals surface area contributed by atoms with Crippen LogP contribution in [0.4, 0.5) is 5.69 Å². The van der Waals surface area contributed by atoms with E-state index in [1.54, 1.807) is 6.92 Å². The van der Waals surface area contributed by atoms with Crippen molar-refractivity contribution >= 4 is 17.6 Å². The number of aryl methyl sites for hydroxylation is 1. The van der Waals surface area contributed by atoms with Crippen LogP contribution in [0.3, 0.4) is 0 Å². The molecule has 0 saturated heterocycles. The van der Waals surface area contributed by atoms with Gasteiger partial charge in [-0.25, -0.2) is 4.79 Å². The number of esters is 1. The summed E-state index contributed by atoms with van der Waals surface area (Å²) < 4.78 is 10.7. The van der Waals surface area contributed by atoms with Crippen molar-refractivity contribution in [1.29, 1.82) is 0 Å². The van der Waals surface area contributed by atoms with Crippen molar-refractivity contribution in [2.45, 2.75) is 59.5 Å².